The first kappa shape index (κ1) is 13.1. The number of hydrogen-bond acceptors (Lipinski definition) is 6. The normalized spacial score (nSPS) is 12.2. The summed E-state index contributed by atoms with van der Waals surface area (Å²) in [6, 6.07) is 0.271. The predicted octanol–water partition coefficient (Wildman–Crippen LogP) is -0.513. The summed E-state index contributed by atoms with van der Waals surface area (Å²) in [6.07, 6.45) is 1.16. The van der Waals surface area contributed by atoms with Crippen molar-refractivity contribution in [1.82, 2.24) is 20.2 Å². The largest absolute Gasteiger partial charge is 0.343 e. The van der Waals surface area contributed by atoms with Gasteiger partial charge in [0, 0.05) is 12.6 Å². The van der Waals surface area contributed by atoms with Gasteiger partial charge in [-0.15, -0.1) is 0 Å². The van der Waals surface area contributed by atoms with Gasteiger partial charge in [0.1, 0.15) is 0 Å². The number of sulfonamides is 1. The second kappa shape index (κ2) is 5.92. The molecule has 0 aliphatic rings. The fraction of sp³-hybridized carbons (Fsp3) is 0.750. The molecular weight excluding hydrogens is 232 g/mol. The van der Waals surface area contributed by atoms with Gasteiger partial charge in [-0.3, -0.25) is 0 Å². The summed E-state index contributed by atoms with van der Waals surface area (Å²) in [4.78, 5) is 3.71. The van der Waals surface area contributed by atoms with Crippen molar-refractivity contribution in [3.8, 4) is 0 Å². The third-order valence-corrected chi connectivity index (χ3v) is 3.11. The van der Waals surface area contributed by atoms with Gasteiger partial charge in [0.2, 0.25) is 16.4 Å². The van der Waals surface area contributed by atoms with Crippen molar-refractivity contribution in [2.75, 3.05) is 12.3 Å². The van der Waals surface area contributed by atoms with Crippen LogP contribution in [0.5, 0.6) is 0 Å². The van der Waals surface area contributed by atoms with Gasteiger partial charge >= 0.3 is 0 Å². The summed E-state index contributed by atoms with van der Waals surface area (Å²) in [5, 5.41) is 6.52. The second-order valence-electron chi connectivity index (χ2n) is 3.60. The first-order valence-electron chi connectivity index (χ1n) is 4.95. The minimum Gasteiger partial charge on any atom is -0.343 e. The molecule has 2 N–H and O–H groups in total. The average Bonchev–Trinajstić information content (AvgIpc) is 2.66. The maximum Gasteiger partial charge on any atom is 0.213 e. The van der Waals surface area contributed by atoms with E-state index in [4.69, 9.17) is 0 Å². The minimum atomic E-state index is -3.29. The van der Waals surface area contributed by atoms with Crippen molar-refractivity contribution in [3.05, 3.63) is 12.2 Å². The first-order chi connectivity index (χ1) is 7.49. The van der Waals surface area contributed by atoms with E-state index in [2.05, 4.69) is 24.7 Å². The van der Waals surface area contributed by atoms with E-state index in [0.717, 1.165) is 6.39 Å². The SMILES string of the molecule is CC(C)NCCS(=O)(=O)NCc1ncon1. The van der Waals surface area contributed by atoms with Gasteiger partial charge in [-0.25, -0.2) is 13.1 Å². The van der Waals surface area contributed by atoms with Crippen LogP contribution in [0, 0.1) is 0 Å². The minimum absolute atomic E-state index is 0.0308. The molecule has 1 aromatic heterocycles. The van der Waals surface area contributed by atoms with Gasteiger partial charge in [0.25, 0.3) is 0 Å². The maximum absolute atomic E-state index is 11.5. The number of rotatable bonds is 7. The zero-order chi connectivity index (χ0) is 12.0. The molecule has 0 amide bonds. The van der Waals surface area contributed by atoms with Crippen molar-refractivity contribution in [3.63, 3.8) is 0 Å². The van der Waals surface area contributed by atoms with Gasteiger partial charge in [-0.05, 0) is 0 Å². The Morgan fingerprint density at radius 1 is 1.50 bits per heavy atom. The van der Waals surface area contributed by atoms with Crippen molar-refractivity contribution in [2.45, 2.75) is 26.4 Å². The number of nitrogens with one attached hydrogen (secondary N) is 2. The molecule has 0 atom stereocenters. The van der Waals surface area contributed by atoms with Gasteiger partial charge in [0.05, 0.1) is 12.3 Å². The van der Waals surface area contributed by atoms with E-state index in [1.807, 2.05) is 13.8 Å². The Kier molecular flexibility index (Phi) is 4.84. The monoisotopic (exact) mass is 248 g/mol. The van der Waals surface area contributed by atoms with Crippen LogP contribution >= 0.6 is 0 Å². The first-order valence-corrected chi connectivity index (χ1v) is 6.61. The number of aromatic nitrogens is 2. The molecule has 1 rings (SSSR count). The lowest BCUT2D eigenvalue weighted by molar-refractivity contribution is 0.409. The highest BCUT2D eigenvalue weighted by atomic mass is 32.2. The smallest absolute Gasteiger partial charge is 0.213 e. The zero-order valence-corrected chi connectivity index (χ0v) is 10.1. The lowest BCUT2D eigenvalue weighted by Gasteiger charge is -2.08. The third-order valence-electron chi connectivity index (χ3n) is 1.78. The average molecular weight is 248 g/mol. The molecule has 0 unspecified atom stereocenters. The van der Waals surface area contributed by atoms with Gasteiger partial charge in [0.15, 0.2) is 5.82 Å². The van der Waals surface area contributed by atoms with Crippen LogP contribution in [0.1, 0.15) is 19.7 Å². The molecule has 0 saturated heterocycles. The summed E-state index contributed by atoms with van der Waals surface area (Å²) in [6.45, 7) is 4.39. The van der Waals surface area contributed by atoms with E-state index in [-0.39, 0.29) is 18.3 Å². The van der Waals surface area contributed by atoms with Gasteiger partial charge in [-0.1, -0.05) is 19.0 Å². The number of hydrogen-bond donors (Lipinski definition) is 2. The highest BCUT2D eigenvalue weighted by Gasteiger charge is 2.11. The van der Waals surface area contributed by atoms with Crippen molar-refractivity contribution in [2.24, 2.45) is 0 Å². The van der Waals surface area contributed by atoms with Crippen LogP contribution in [0.4, 0.5) is 0 Å². The molecule has 16 heavy (non-hydrogen) atoms. The van der Waals surface area contributed by atoms with Crippen molar-refractivity contribution >= 4 is 10.0 Å². The lowest BCUT2D eigenvalue weighted by Crippen LogP contribution is -2.34. The third kappa shape index (κ3) is 5.19. The molecule has 1 aromatic rings. The molecule has 8 heteroatoms. The molecule has 0 fully saturated rings. The Hall–Kier alpha value is -0.990. The highest BCUT2D eigenvalue weighted by molar-refractivity contribution is 7.89. The van der Waals surface area contributed by atoms with Crippen LogP contribution in [0.2, 0.25) is 0 Å². The van der Waals surface area contributed by atoms with E-state index in [9.17, 15) is 8.42 Å². The van der Waals surface area contributed by atoms with Crippen LogP contribution in [0.25, 0.3) is 0 Å². The van der Waals surface area contributed by atoms with E-state index in [1.165, 1.54) is 0 Å². The summed E-state index contributed by atoms with van der Waals surface area (Å²) in [7, 11) is -3.29. The fourth-order valence-electron chi connectivity index (χ4n) is 0.999. The molecule has 0 bridgehead atoms. The van der Waals surface area contributed by atoms with Gasteiger partial charge in [-0.2, -0.15) is 4.98 Å². The Labute approximate surface area is 94.7 Å². The van der Waals surface area contributed by atoms with Crippen LogP contribution < -0.4 is 10.0 Å². The molecule has 92 valence electrons. The molecule has 0 saturated carbocycles. The summed E-state index contributed by atoms with van der Waals surface area (Å²) in [5.74, 6) is 0.351. The predicted molar refractivity (Wildman–Crippen MR) is 58.1 cm³/mol. The highest BCUT2D eigenvalue weighted by Crippen LogP contribution is 1.91. The van der Waals surface area contributed by atoms with Crippen LogP contribution in [0.3, 0.4) is 0 Å². The Bertz CT molecular complexity index is 387. The summed E-state index contributed by atoms with van der Waals surface area (Å²) in [5.41, 5.74) is 0. The molecule has 0 aliphatic heterocycles. The summed E-state index contributed by atoms with van der Waals surface area (Å²) < 4.78 is 29.8. The Morgan fingerprint density at radius 2 is 2.25 bits per heavy atom. The molecular formula is C8H16N4O3S. The zero-order valence-electron chi connectivity index (χ0n) is 9.30. The van der Waals surface area contributed by atoms with E-state index >= 15 is 0 Å². The summed E-state index contributed by atoms with van der Waals surface area (Å²) >= 11 is 0. The van der Waals surface area contributed by atoms with Crippen molar-refractivity contribution < 1.29 is 12.9 Å². The topological polar surface area (TPSA) is 97.1 Å². The molecule has 0 aromatic carbocycles. The van der Waals surface area contributed by atoms with Crippen molar-refractivity contribution in [1.29, 1.82) is 0 Å². The molecule has 0 radical (unpaired) electrons. The van der Waals surface area contributed by atoms with Crippen LogP contribution in [0.15, 0.2) is 10.9 Å². The van der Waals surface area contributed by atoms with Gasteiger partial charge < -0.3 is 9.84 Å². The molecule has 0 aliphatic carbocycles. The van der Waals surface area contributed by atoms with E-state index in [0.29, 0.717) is 12.4 Å². The van der Waals surface area contributed by atoms with E-state index < -0.39 is 10.0 Å². The molecule has 0 spiro atoms. The van der Waals surface area contributed by atoms with Crippen LogP contribution in [-0.2, 0) is 16.6 Å². The molecule has 1 heterocycles. The quantitative estimate of drug-likeness (QED) is 0.674. The molecule has 7 nitrogen and oxygen atoms in total. The fourth-order valence-corrected chi connectivity index (χ4v) is 1.88. The Morgan fingerprint density at radius 3 is 2.81 bits per heavy atom. The lowest BCUT2D eigenvalue weighted by atomic mass is 10.4. The van der Waals surface area contributed by atoms with Crippen LogP contribution in [-0.4, -0.2) is 36.9 Å². The number of nitrogens with zero attached hydrogens (tertiary/aromatic N) is 2. The Balaban J connectivity index is 2.29. The second-order valence-corrected chi connectivity index (χ2v) is 5.52. The standard InChI is InChI=1S/C8H16N4O3S/c1-7(2)9-3-4-16(13,14)11-5-8-10-6-15-12-8/h6-7,9,11H,3-5H2,1-2H3. The maximum atomic E-state index is 11.5. The van der Waals surface area contributed by atoms with E-state index in [1.54, 1.807) is 0 Å².